The predicted octanol–water partition coefficient (Wildman–Crippen LogP) is 3.32. The minimum atomic E-state index is -0.328. The molecule has 2 N–H and O–H groups in total. The summed E-state index contributed by atoms with van der Waals surface area (Å²) in [6, 6.07) is 16.1. The van der Waals surface area contributed by atoms with Crippen LogP contribution in [0.25, 0.3) is 0 Å². The van der Waals surface area contributed by atoms with E-state index in [9.17, 15) is 4.79 Å². The Labute approximate surface area is 118 Å². The maximum absolute atomic E-state index is 11.9. The molecule has 0 fully saturated rings. The molecule has 0 bridgehead atoms. The van der Waals surface area contributed by atoms with Crippen LogP contribution < -0.4 is 10.6 Å². The fourth-order valence-electron chi connectivity index (χ4n) is 1.61. The number of para-hydroxylation sites is 2. The summed E-state index contributed by atoms with van der Waals surface area (Å²) in [5, 5.41) is 5.48. The first kappa shape index (κ1) is 13.3. The third-order valence-electron chi connectivity index (χ3n) is 2.48. The van der Waals surface area contributed by atoms with Crippen molar-refractivity contribution in [3.05, 3.63) is 60.2 Å². The highest BCUT2D eigenvalue weighted by molar-refractivity contribution is 6.00. The van der Waals surface area contributed by atoms with E-state index in [1.54, 1.807) is 12.1 Å². The molecule has 3 heteroatoms. The number of carbonyl (C=O) groups is 1. The van der Waals surface area contributed by atoms with Crippen molar-refractivity contribution in [3.8, 4) is 24.2 Å². The number of amides is 2. The Kier molecular flexibility index (Phi) is 4.43. The van der Waals surface area contributed by atoms with Crippen molar-refractivity contribution < 1.29 is 4.79 Å². The van der Waals surface area contributed by atoms with Gasteiger partial charge in [-0.15, -0.1) is 6.42 Å². The average Bonchev–Trinajstić information content (AvgIpc) is 2.47. The number of urea groups is 1. The first-order valence-electron chi connectivity index (χ1n) is 5.98. The Bertz CT molecular complexity index is 703. The van der Waals surface area contributed by atoms with Crippen LogP contribution in [-0.2, 0) is 0 Å². The van der Waals surface area contributed by atoms with Crippen LogP contribution in [-0.4, -0.2) is 6.03 Å². The zero-order valence-corrected chi connectivity index (χ0v) is 10.7. The van der Waals surface area contributed by atoms with Crippen molar-refractivity contribution in [1.29, 1.82) is 0 Å². The zero-order chi connectivity index (χ0) is 14.2. The molecule has 2 aromatic rings. The third kappa shape index (κ3) is 3.66. The molecule has 0 saturated carbocycles. The molecular formula is C17H12N2O. The standard InChI is InChI=1S/C17H12N2O/c1-2-3-9-14-10-7-8-13-16(14)19-17(20)18-15-11-5-4-6-12-15/h1,4-8,10-13H,(H2,18,19,20). The van der Waals surface area contributed by atoms with E-state index in [4.69, 9.17) is 6.42 Å². The lowest BCUT2D eigenvalue weighted by Gasteiger charge is -2.08. The van der Waals surface area contributed by atoms with E-state index in [0.717, 1.165) is 5.69 Å². The van der Waals surface area contributed by atoms with E-state index >= 15 is 0 Å². The van der Waals surface area contributed by atoms with Gasteiger partial charge in [-0.05, 0) is 36.1 Å². The van der Waals surface area contributed by atoms with E-state index in [2.05, 4.69) is 28.4 Å². The van der Waals surface area contributed by atoms with E-state index in [-0.39, 0.29) is 6.03 Å². The van der Waals surface area contributed by atoms with Crippen molar-refractivity contribution >= 4 is 17.4 Å². The van der Waals surface area contributed by atoms with Crippen molar-refractivity contribution in [2.24, 2.45) is 0 Å². The van der Waals surface area contributed by atoms with Crippen molar-refractivity contribution in [3.63, 3.8) is 0 Å². The molecule has 2 aromatic carbocycles. The number of benzene rings is 2. The number of anilines is 2. The van der Waals surface area contributed by atoms with Gasteiger partial charge >= 0.3 is 6.03 Å². The van der Waals surface area contributed by atoms with Gasteiger partial charge in [0.15, 0.2) is 0 Å². The van der Waals surface area contributed by atoms with Gasteiger partial charge in [-0.25, -0.2) is 4.79 Å². The smallest absolute Gasteiger partial charge is 0.308 e. The Morgan fingerprint density at radius 1 is 0.950 bits per heavy atom. The summed E-state index contributed by atoms with van der Waals surface area (Å²) in [5.74, 6) is 7.58. The molecule has 0 saturated heterocycles. The molecule has 0 unspecified atom stereocenters. The van der Waals surface area contributed by atoms with Crippen LogP contribution in [0.15, 0.2) is 54.6 Å². The molecule has 0 aliphatic carbocycles. The first-order valence-corrected chi connectivity index (χ1v) is 5.98. The summed E-state index contributed by atoms with van der Waals surface area (Å²) in [6.07, 6.45) is 5.11. The maximum Gasteiger partial charge on any atom is 0.323 e. The average molecular weight is 260 g/mol. The fourth-order valence-corrected chi connectivity index (χ4v) is 1.61. The fraction of sp³-hybridized carbons (Fsp3) is 0. The van der Waals surface area contributed by atoms with Gasteiger partial charge in [-0.3, -0.25) is 0 Å². The molecule has 0 aliphatic heterocycles. The lowest BCUT2D eigenvalue weighted by Crippen LogP contribution is -2.19. The van der Waals surface area contributed by atoms with E-state index in [1.165, 1.54) is 0 Å². The number of hydrogen-bond donors (Lipinski definition) is 2. The van der Waals surface area contributed by atoms with Crippen LogP contribution in [0.3, 0.4) is 0 Å². The van der Waals surface area contributed by atoms with Gasteiger partial charge in [0.2, 0.25) is 0 Å². The SMILES string of the molecule is C#CC#Cc1ccccc1NC(=O)Nc1ccccc1. The van der Waals surface area contributed by atoms with Crippen molar-refractivity contribution in [1.82, 2.24) is 0 Å². The minimum Gasteiger partial charge on any atom is -0.308 e. The summed E-state index contributed by atoms with van der Waals surface area (Å²) in [6.45, 7) is 0. The Morgan fingerprint density at radius 3 is 2.40 bits per heavy atom. The van der Waals surface area contributed by atoms with Gasteiger partial charge < -0.3 is 10.6 Å². The van der Waals surface area contributed by atoms with Gasteiger partial charge in [-0.1, -0.05) is 36.3 Å². The van der Waals surface area contributed by atoms with Gasteiger partial charge in [0.25, 0.3) is 0 Å². The van der Waals surface area contributed by atoms with Crippen LogP contribution in [0.4, 0.5) is 16.2 Å². The summed E-state index contributed by atoms with van der Waals surface area (Å²) in [4.78, 5) is 11.9. The maximum atomic E-state index is 11.9. The normalized spacial score (nSPS) is 8.75. The molecular weight excluding hydrogens is 248 g/mol. The number of hydrogen-bond acceptors (Lipinski definition) is 1. The molecule has 0 spiro atoms. The summed E-state index contributed by atoms with van der Waals surface area (Å²) < 4.78 is 0. The molecule has 0 aliphatic rings. The molecule has 0 heterocycles. The number of carbonyl (C=O) groups excluding carboxylic acids is 1. The molecule has 20 heavy (non-hydrogen) atoms. The summed E-state index contributed by atoms with van der Waals surface area (Å²) in [5.41, 5.74) is 2.01. The molecule has 0 radical (unpaired) electrons. The third-order valence-corrected chi connectivity index (χ3v) is 2.48. The van der Waals surface area contributed by atoms with Crippen LogP contribution in [0, 0.1) is 24.2 Å². The highest BCUT2D eigenvalue weighted by Gasteiger charge is 2.04. The van der Waals surface area contributed by atoms with Gasteiger partial charge in [0.05, 0.1) is 5.69 Å². The second-order valence-corrected chi connectivity index (χ2v) is 3.89. The molecule has 2 amide bonds. The largest absolute Gasteiger partial charge is 0.323 e. The van der Waals surface area contributed by atoms with Gasteiger partial charge in [0.1, 0.15) is 0 Å². The van der Waals surface area contributed by atoms with Gasteiger partial charge in [0, 0.05) is 11.3 Å². The Morgan fingerprint density at radius 2 is 1.65 bits per heavy atom. The quantitative estimate of drug-likeness (QED) is 0.799. The van der Waals surface area contributed by atoms with Gasteiger partial charge in [-0.2, -0.15) is 0 Å². The second-order valence-electron chi connectivity index (χ2n) is 3.89. The molecule has 3 nitrogen and oxygen atoms in total. The molecule has 0 aromatic heterocycles. The van der Waals surface area contributed by atoms with Crippen molar-refractivity contribution in [2.75, 3.05) is 10.6 Å². The predicted molar refractivity (Wildman–Crippen MR) is 81.2 cm³/mol. The van der Waals surface area contributed by atoms with Crippen LogP contribution in [0.1, 0.15) is 5.56 Å². The van der Waals surface area contributed by atoms with E-state index < -0.39 is 0 Å². The Balaban J connectivity index is 2.11. The second kappa shape index (κ2) is 6.68. The highest BCUT2D eigenvalue weighted by atomic mass is 16.2. The zero-order valence-electron chi connectivity index (χ0n) is 10.7. The number of terminal acetylenes is 1. The monoisotopic (exact) mass is 260 g/mol. The van der Waals surface area contributed by atoms with Crippen LogP contribution >= 0.6 is 0 Å². The minimum absolute atomic E-state index is 0.328. The Hall–Kier alpha value is -3.17. The number of rotatable bonds is 2. The lowest BCUT2D eigenvalue weighted by molar-refractivity contribution is 0.262. The van der Waals surface area contributed by atoms with E-state index in [0.29, 0.717) is 11.3 Å². The van der Waals surface area contributed by atoms with E-state index in [1.807, 2.05) is 42.5 Å². The van der Waals surface area contributed by atoms with Crippen LogP contribution in [0.2, 0.25) is 0 Å². The highest BCUT2D eigenvalue weighted by Crippen LogP contribution is 2.14. The summed E-state index contributed by atoms with van der Waals surface area (Å²) >= 11 is 0. The number of nitrogens with one attached hydrogen (secondary N) is 2. The topological polar surface area (TPSA) is 41.1 Å². The van der Waals surface area contributed by atoms with Crippen molar-refractivity contribution in [2.45, 2.75) is 0 Å². The lowest BCUT2D eigenvalue weighted by atomic mass is 10.2. The summed E-state index contributed by atoms with van der Waals surface area (Å²) in [7, 11) is 0. The van der Waals surface area contributed by atoms with Crippen LogP contribution in [0.5, 0.6) is 0 Å². The first-order chi connectivity index (χ1) is 9.79. The molecule has 2 rings (SSSR count). The molecule has 96 valence electrons. The molecule has 0 atom stereocenters.